The van der Waals surface area contributed by atoms with Gasteiger partial charge in [0.2, 0.25) is 5.91 Å². The molecule has 1 heterocycles. The maximum absolute atomic E-state index is 12.3. The molecule has 0 aliphatic rings. The van der Waals surface area contributed by atoms with E-state index in [4.69, 9.17) is 4.74 Å². The molecule has 0 saturated carbocycles. The van der Waals surface area contributed by atoms with E-state index in [1.165, 1.54) is 11.3 Å². The molecule has 10 heteroatoms. The Labute approximate surface area is 172 Å². The number of thiazole rings is 1. The van der Waals surface area contributed by atoms with Crippen molar-refractivity contribution >= 4 is 44.5 Å². The van der Waals surface area contributed by atoms with Crippen molar-refractivity contribution in [3.8, 4) is 5.75 Å². The van der Waals surface area contributed by atoms with E-state index in [9.17, 15) is 24.6 Å². The normalized spacial score (nSPS) is 13.2. The number of rotatable bonds is 11. The summed E-state index contributed by atoms with van der Waals surface area (Å²) in [4.78, 5) is 39.5. The van der Waals surface area contributed by atoms with Crippen molar-refractivity contribution in [2.24, 2.45) is 5.92 Å². The van der Waals surface area contributed by atoms with Crippen LogP contribution in [0, 0.1) is 5.92 Å². The van der Waals surface area contributed by atoms with Crippen LogP contribution in [0.2, 0.25) is 0 Å². The Morgan fingerprint density at radius 2 is 1.86 bits per heavy atom. The molecule has 2 atom stereocenters. The van der Waals surface area contributed by atoms with E-state index in [0.717, 1.165) is 4.70 Å². The number of benzene rings is 1. The van der Waals surface area contributed by atoms with Crippen LogP contribution in [0.3, 0.4) is 0 Å². The lowest BCUT2D eigenvalue weighted by atomic mass is 10.0. The number of hydrogen-bond acceptors (Lipinski definition) is 7. The van der Waals surface area contributed by atoms with Gasteiger partial charge >= 0.3 is 11.9 Å². The molecule has 1 amide bonds. The van der Waals surface area contributed by atoms with Gasteiger partial charge in [-0.1, -0.05) is 25.2 Å². The number of carboxylic acids is 2. The molecule has 2 aromatic rings. The summed E-state index contributed by atoms with van der Waals surface area (Å²) in [5.41, 5.74) is 0.685. The number of ether oxygens (including phenoxy) is 1. The number of aromatic nitrogens is 1. The van der Waals surface area contributed by atoms with Gasteiger partial charge in [0.1, 0.15) is 17.8 Å². The van der Waals surface area contributed by atoms with Crippen molar-refractivity contribution < 1.29 is 29.3 Å². The number of nitrogens with one attached hydrogen (secondary N) is 2. The summed E-state index contributed by atoms with van der Waals surface area (Å²) in [6.45, 7) is 6.09. The van der Waals surface area contributed by atoms with Crippen LogP contribution in [0.15, 0.2) is 18.2 Å². The number of fused-ring (bicyclic) bond motifs is 1. The fraction of sp³-hybridized carbons (Fsp3) is 0.474. The lowest BCUT2D eigenvalue weighted by Gasteiger charge is -2.21. The zero-order valence-electron chi connectivity index (χ0n) is 16.5. The van der Waals surface area contributed by atoms with Gasteiger partial charge in [0.05, 0.1) is 23.2 Å². The zero-order chi connectivity index (χ0) is 21.6. The first-order valence-corrected chi connectivity index (χ1v) is 10.1. The highest BCUT2D eigenvalue weighted by atomic mass is 32.1. The third-order valence-corrected chi connectivity index (χ3v) is 4.95. The maximum atomic E-state index is 12.3. The van der Waals surface area contributed by atoms with Crippen LogP contribution in [0.1, 0.15) is 33.6 Å². The van der Waals surface area contributed by atoms with Gasteiger partial charge in [0.25, 0.3) is 0 Å². The third kappa shape index (κ3) is 6.68. The Bertz CT molecular complexity index is 882. The van der Waals surface area contributed by atoms with Gasteiger partial charge < -0.3 is 20.3 Å². The molecule has 29 heavy (non-hydrogen) atoms. The Balaban J connectivity index is 2.05. The first kappa shape index (κ1) is 22.6. The Morgan fingerprint density at radius 1 is 1.17 bits per heavy atom. The second-order valence-corrected chi connectivity index (χ2v) is 7.94. The summed E-state index contributed by atoms with van der Waals surface area (Å²) in [7, 11) is 0. The predicted molar refractivity (Wildman–Crippen MR) is 109 cm³/mol. The molecule has 158 valence electrons. The van der Waals surface area contributed by atoms with Crippen LogP contribution in [0.25, 0.3) is 10.2 Å². The third-order valence-electron chi connectivity index (χ3n) is 4.01. The highest BCUT2D eigenvalue weighted by Gasteiger charge is 2.28. The van der Waals surface area contributed by atoms with E-state index >= 15 is 0 Å². The summed E-state index contributed by atoms with van der Waals surface area (Å²) < 4.78 is 6.26. The standard InChI is InChI=1S/C19H25N3O6S/c1-4-28-11-5-6-12-15(8-11)29-19(21-12)22-16(23)9-14(18(26)27)20-13(17(24)25)7-10(2)3/h5-6,8,10,13-14,20H,4,7,9H2,1-3H3,(H,24,25)(H,26,27)(H,21,22,23)/t13-,14-/m0/s1. The van der Waals surface area contributed by atoms with Crippen molar-refractivity contribution in [3.05, 3.63) is 18.2 Å². The molecule has 9 nitrogen and oxygen atoms in total. The second-order valence-electron chi connectivity index (χ2n) is 6.91. The second kappa shape index (κ2) is 10.2. The highest BCUT2D eigenvalue weighted by molar-refractivity contribution is 7.22. The number of nitrogens with zero attached hydrogens (tertiary/aromatic N) is 1. The van der Waals surface area contributed by atoms with Gasteiger partial charge in [0.15, 0.2) is 5.13 Å². The minimum absolute atomic E-state index is 0.0520. The van der Waals surface area contributed by atoms with Crippen LogP contribution < -0.4 is 15.4 Å². The van der Waals surface area contributed by atoms with Gasteiger partial charge in [-0.3, -0.25) is 19.7 Å². The first-order chi connectivity index (χ1) is 13.7. The minimum atomic E-state index is -1.33. The topological polar surface area (TPSA) is 138 Å². The summed E-state index contributed by atoms with van der Waals surface area (Å²) in [5, 5.41) is 24.2. The van der Waals surface area contributed by atoms with Crippen LogP contribution in [0.4, 0.5) is 5.13 Å². The lowest BCUT2D eigenvalue weighted by Crippen LogP contribution is -2.49. The molecule has 0 saturated heterocycles. The molecule has 2 rings (SSSR count). The first-order valence-electron chi connectivity index (χ1n) is 9.24. The van der Waals surface area contributed by atoms with Crippen molar-refractivity contribution in [1.29, 1.82) is 0 Å². The molecule has 0 bridgehead atoms. The Morgan fingerprint density at radius 3 is 2.45 bits per heavy atom. The molecule has 1 aromatic carbocycles. The predicted octanol–water partition coefficient (Wildman–Crippen LogP) is 2.57. The fourth-order valence-corrected chi connectivity index (χ4v) is 3.65. The number of amides is 1. The van der Waals surface area contributed by atoms with Crippen molar-refractivity contribution in [2.75, 3.05) is 11.9 Å². The molecule has 0 aliphatic carbocycles. The molecular formula is C19H25N3O6S. The van der Waals surface area contributed by atoms with Gasteiger partial charge in [-0.15, -0.1) is 0 Å². The Hall–Kier alpha value is -2.72. The molecule has 0 aliphatic heterocycles. The number of hydrogen-bond donors (Lipinski definition) is 4. The van der Waals surface area contributed by atoms with Gasteiger partial charge in [0, 0.05) is 0 Å². The molecule has 0 spiro atoms. The van der Waals surface area contributed by atoms with Crippen LogP contribution in [0.5, 0.6) is 5.75 Å². The zero-order valence-corrected chi connectivity index (χ0v) is 17.3. The van der Waals surface area contributed by atoms with Gasteiger partial charge in [-0.25, -0.2) is 4.98 Å². The molecule has 4 N–H and O–H groups in total. The van der Waals surface area contributed by atoms with Gasteiger partial charge in [-0.2, -0.15) is 0 Å². The van der Waals surface area contributed by atoms with Crippen molar-refractivity contribution in [1.82, 2.24) is 10.3 Å². The van der Waals surface area contributed by atoms with E-state index < -0.39 is 36.4 Å². The van der Waals surface area contributed by atoms with E-state index in [1.54, 1.807) is 12.1 Å². The summed E-state index contributed by atoms with van der Waals surface area (Å²) in [5.74, 6) is -2.26. The molecule has 0 fully saturated rings. The van der Waals surface area contributed by atoms with Crippen molar-refractivity contribution in [2.45, 2.75) is 45.7 Å². The number of aliphatic carboxylic acids is 2. The maximum Gasteiger partial charge on any atom is 0.321 e. The summed E-state index contributed by atoms with van der Waals surface area (Å²) in [6.07, 6.45) is -0.169. The van der Waals surface area contributed by atoms with Crippen LogP contribution >= 0.6 is 11.3 Å². The largest absolute Gasteiger partial charge is 0.494 e. The summed E-state index contributed by atoms with van der Waals surface area (Å²) in [6, 6.07) is 2.99. The smallest absolute Gasteiger partial charge is 0.321 e. The summed E-state index contributed by atoms with van der Waals surface area (Å²) >= 11 is 1.24. The molecule has 0 unspecified atom stereocenters. The monoisotopic (exact) mass is 423 g/mol. The fourth-order valence-electron chi connectivity index (χ4n) is 2.74. The number of carbonyl (C=O) groups is 3. The average molecular weight is 423 g/mol. The van der Waals surface area contributed by atoms with E-state index in [1.807, 2.05) is 26.8 Å². The number of carbonyl (C=O) groups excluding carboxylic acids is 1. The van der Waals surface area contributed by atoms with E-state index in [2.05, 4.69) is 15.6 Å². The lowest BCUT2D eigenvalue weighted by molar-refractivity contribution is -0.144. The SMILES string of the molecule is CCOc1ccc2nc(NC(=O)C[C@H](N[C@@H](CC(C)C)C(=O)O)C(=O)O)sc2c1. The molecule has 0 radical (unpaired) electrons. The Kier molecular flexibility index (Phi) is 7.91. The van der Waals surface area contributed by atoms with Gasteiger partial charge in [-0.05, 0) is 37.5 Å². The van der Waals surface area contributed by atoms with Crippen molar-refractivity contribution in [3.63, 3.8) is 0 Å². The van der Waals surface area contributed by atoms with E-state index in [-0.39, 0.29) is 12.3 Å². The average Bonchev–Trinajstić information content (AvgIpc) is 3.01. The van der Waals surface area contributed by atoms with E-state index in [0.29, 0.717) is 23.0 Å². The quantitative estimate of drug-likeness (QED) is 0.433. The van der Waals surface area contributed by atoms with Crippen LogP contribution in [-0.2, 0) is 14.4 Å². The molecular weight excluding hydrogens is 398 g/mol. The molecule has 1 aromatic heterocycles. The highest BCUT2D eigenvalue weighted by Crippen LogP contribution is 2.29. The number of carboxylic acid groups (broad SMARTS) is 2. The number of anilines is 1. The van der Waals surface area contributed by atoms with Crippen LogP contribution in [-0.4, -0.2) is 51.7 Å². The minimum Gasteiger partial charge on any atom is -0.494 e.